The number of nitrogens with one attached hydrogen (secondary N) is 1. The molecular weight excluding hydrogens is 258 g/mol. The Morgan fingerprint density at radius 3 is 2.24 bits per heavy atom. The molecular formula is C18H23N3. The first-order valence-corrected chi connectivity index (χ1v) is 7.65. The number of para-hydroxylation sites is 2. The van der Waals surface area contributed by atoms with Gasteiger partial charge in [-0.25, -0.2) is 0 Å². The van der Waals surface area contributed by atoms with E-state index in [1.165, 1.54) is 16.9 Å². The molecule has 0 aromatic heterocycles. The van der Waals surface area contributed by atoms with E-state index in [-0.39, 0.29) is 0 Å². The normalized spacial score (nSPS) is 16.0. The topological polar surface area (TPSA) is 18.5 Å². The van der Waals surface area contributed by atoms with E-state index < -0.39 is 0 Å². The van der Waals surface area contributed by atoms with E-state index in [0.717, 1.165) is 32.7 Å². The lowest BCUT2D eigenvalue weighted by Crippen LogP contribution is -2.46. The van der Waals surface area contributed by atoms with Crippen molar-refractivity contribution in [2.75, 3.05) is 43.4 Å². The van der Waals surface area contributed by atoms with Crippen molar-refractivity contribution in [2.24, 2.45) is 0 Å². The number of hydrogen-bond donors (Lipinski definition) is 1. The molecule has 3 nitrogen and oxygen atoms in total. The van der Waals surface area contributed by atoms with Gasteiger partial charge in [0, 0.05) is 39.8 Å². The third-order valence-corrected chi connectivity index (χ3v) is 4.14. The molecule has 0 saturated carbocycles. The molecule has 0 atom stereocenters. The minimum Gasteiger partial charge on any atom is -0.386 e. The summed E-state index contributed by atoms with van der Waals surface area (Å²) in [6.07, 6.45) is 0. The predicted octanol–water partition coefficient (Wildman–Crippen LogP) is 3.05. The molecule has 3 rings (SSSR count). The second-order valence-corrected chi connectivity index (χ2v) is 5.52. The molecule has 1 aliphatic rings. The van der Waals surface area contributed by atoms with Gasteiger partial charge in [0.2, 0.25) is 0 Å². The number of piperazine rings is 1. The fraction of sp³-hybridized carbons (Fsp3) is 0.333. The monoisotopic (exact) mass is 281 g/mol. The maximum atomic E-state index is 3.29. The summed E-state index contributed by atoms with van der Waals surface area (Å²) in [5, 5.41) is 3.29. The summed E-state index contributed by atoms with van der Waals surface area (Å²) in [6.45, 7) is 5.47. The zero-order valence-electron chi connectivity index (χ0n) is 12.6. The second kappa shape index (κ2) is 6.64. The van der Waals surface area contributed by atoms with Crippen molar-refractivity contribution in [3.05, 3.63) is 60.2 Å². The summed E-state index contributed by atoms with van der Waals surface area (Å²) in [6, 6.07) is 19.3. The third kappa shape index (κ3) is 3.37. The van der Waals surface area contributed by atoms with Crippen LogP contribution in [-0.2, 0) is 6.54 Å². The lowest BCUT2D eigenvalue weighted by Gasteiger charge is -2.37. The third-order valence-electron chi connectivity index (χ3n) is 4.14. The first kappa shape index (κ1) is 14.0. The lowest BCUT2D eigenvalue weighted by atomic mass is 10.2. The van der Waals surface area contributed by atoms with Crippen molar-refractivity contribution < 1.29 is 0 Å². The minimum atomic E-state index is 1.06. The largest absolute Gasteiger partial charge is 0.386 e. The van der Waals surface area contributed by atoms with Gasteiger partial charge in [0.25, 0.3) is 0 Å². The lowest BCUT2D eigenvalue weighted by molar-refractivity contribution is 0.250. The first-order valence-electron chi connectivity index (χ1n) is 7.65. The van der Waals surface area contributed by atoms with Gasteiger partial charge < -0.3 is 10.2 Å². The Balaban J connectivity index is 1.60. The Hall–Kier alpha value is -2.00. The van der Waals surface area contributed by atoms with Gasteiger partial charge in [0.15, 0.2) is 0 Å². The van der Waals surface area contributed by atoms with Crippen LogP contribution in [0.15, 0.2) is 54.6 Å². The zero-order valence-corrected chi connectivity index (χ0v) is 12.6. The summed E-state index contributed by atoms with van der Waals surface area (Å²) >= 11 is 0. The molecule has 2 aromatic rings. The molecule has 0 amide bonds. The molecule has 1 saturated heterocycles. The van der Waals surface area contributed by atoms with Crippen molar-refractivity contribution in [2.45, 2.75) is 6.54 Å². The number of benzene rings is 2. The molecule has 0 unspecified atom stereocenters. The van der Waals surface area contributed by atoms with E-state index >= 15 is 0 Å². The average molecular weight is 281 g/mol. The van der Waals surface area contributed by atoms with Crippen LogP contribution >= 0.6 is 0 Å². The van der Waals surface area contributed by atoms with Crippen molar-refractivity contribution in [3.8, 4) is 0 Å². The highest BCUT2D eigenvalue weighted by molar-refractivity contribution is 5.69. The van der Waals surface area contributed by atoms with E-state index in [9.17, 15) is 0 Å². The predicted molar refractivity (Wildman–Crippen MR) is 89.9 cm³/mol. The van der Waals surface area contributed by atoms with Crippen LogP contribution in [0, 0.1) is 0 Å². The van der Waals surface area contributed by atoms with Crippen LogP contribution in [0.4, 0.5) is 11.4 Å². The quantitative estimate of drug-likeness (QED) is 0.929. The van der Waals surface area contributed by atoms with E-state index in [1.54, 1.807) is 0 Å². The molecule has 1 N–H and O–H groups in total. The fourth-order valence-corrected chi connectivity index (χ4v) is 2.95. The van der Waals surface area contributed by atoms with Gasteiger partial charge in [-0.2, -0.15) is 0 Å². The van der Waals surface area contributed by atoms with Crippen molar-refractivity contribution in [3.63, 3.8) is 0 Å². The minimum absolute atomic E-state index is 1.06. The maximum Gasteiger partial charge on any atom is 0.0602 e. The first-order chi connectivity index (χ1) is 10.4. The maximum absolute atomic E-state index is 3.29. The molecule has 1 heterocycles. The molecule has 110 valence electrons. The smallest absolute Gasteiger partial charge is 0.0602 e. The summed E-state index contributed by atoms with van der Waals surface area (Å²) in [5.41, 5.74) is 3.94. The molecule has 0 bridgehead atoms. The molecule has 0 aliphatic carbocycles. The van der Waals surface area contributed by atoms with Crippen LogP contribution in [0.3, 0.4) is 0 Å². The van der Waals surface area contributed by atoms with E-state index in [1.807, 2.05) is 7.05 Å². The molecule has 2 aromatic carbocycles. The number of hydrogen-bond acceptors (Lipinski definition) is 3. The highest BCUT2D eigenvalue weighted by atomic mass is 15.3. The van der Waals surface area contributed by atoms with Gasteiger partial charge in [-0.05, 0) is 17.7 Å². The molecule has 0 radical (unpaired) electrons. The molecule has 1 fully saturated rings. The van der Waals surface area contributed by atoms with E-state index in [4.69, 9.17) is 0 Å². The molecule has 21 heavy (non-hydrogen) atoms. The van der Waals surface area contributed by atoms with Gasteiger partial charge in [-0.15, -0.1) is 0 Å². The van der Waals surface area contributed by atoms with Gasteiger partial charge >= 0.3 is 0 Å². The van der Waals surface area contributed by atoms with E-state index in [2.05, 4.69) is 69.7 Å². The van der Waals surface area contributed by atoms with Crippen LogP contribution in [0.2, 0.25) is 0 Å². The number of nitrogens with zero attached hydrogens (tertiary/aromatic N) is 2. The van der Waals surface area contributed by atoms with Gasteiger partial charge in [-0.3, -0.25) is 4.90 Å². The standard InChI is InChI=1S/C18H23N3/c1-19-17-9-5-6-10-18(17)21-13-11-20(12-14-21)15-16-7-3-2-4-8-16/h2-10,19H,11-15H2,1H3. The van der Waals surface area contributed by atoms with E-state index in [0.29, 0.717) is 0 Å². The van der Waals surface area contributed by atoms with Crippen LogP contribution in [0.25, 0.3) is 0 Å². The van der Waals surface area contributed by atoms with Gasteiger partial charge in [0.1, 0.15) is 0 Å². The highest BCUT2D eigenvalue weighted by Gasteiger charge is 2.18. The van der Waals surface area contributed by atoms with Gasteiger partial charge in [-0.1, -0.05) is 42.5 Å². The summed E-state index contributed by atoms with van der Waals surface area (Å²) in [4.78, 5) is 5.02. The summed E-state index contributed by atoms with van der Waals surface area (Å²) in [5.74, 6) is 0. The number of rotatable bonds is 4. The fourth-order valence-electron chi connectivity index (χ4n) is 2.95. The number of anilines is 2. The summed E-state index contributed by atoms with van der Waals surface area (Å²) < 4.78 is 0. The van der Waals surface area contributed by atoms with Crippen LogP contribution in [-0.4, -0.2) is 38.1 Å². The van der Waals surface area contributed by atoms with Crippen LogP contribution in [0.1, 0.15) is 5.56 Å². The van der Waals surface area contributed by atoms with Crippen LogP contribution in [0.5, 0.6) is 0 Å². The van der Waals surface area contributed by atoms with Crippen molar-refractivity contribution >= 4 is 11.4 Å². The Bertz CT molecular complexity index is 560. The zero-order chi connectivity index (χ0) is 14.5. The molecule has 1 aliphatic heterocycles. The highest BCUT2D eigenvalue weighted by Crippen LogP contribution is 2.26. The Morgan fingerprint density at radius 1 is 0.857 bits per heavy atom. The van der Waals surface area contributed by atoms with Gasteiger partial charge in [0.05, 0.1) is 11.4 Å². The second-order valence-electron chi connectivity index (χ2n) is 5.52. The van der Waals surface area contributed by atoms with Crippen molar-refractivity contribution in [1.82, 2.24) is 4.90 Å². The Labute approximate surface area is 127 Å². The molecule has 3 heteroatoms. The Kier molecular flexibility index (Phi) is 4.41. The van der Waals surface area contributed by atoms with Crippen LogP contribution < -0.4 is 10.2 Å². The summed E-state index contributed by atoms with van der Waals surface area (Å²) in [7, 11) is 1.99. The average Bonchev–Trinajstić information content (AvgIpc) is 2.56. The van der Waals surface area contributed by atoms with Crippen molar-refractivity contribution in [1.29, 1.82) is 0 Å². The Morgan fingerprint density at radius 2 is 1.52 bits per heavy atom. The SMILES string of the molecule is CNc1ccccc1N1CCN(Cc2ccccc2)CC1. The molecule has 0 spiro atoms.